The van der Waals surface area contributed by atoms with Gasteiger partial charge in [-0.25, -0.2) is 0 Å². The Morgan fingerprint density at radius 2 is 1.89 bits per heavy atom. The molecule has 94 valence electrons. The van der Waals surface area contributed by atoms with Crippen molar-refractivity contribution < 1.29 is 4.74 Å². The van der Waals surface area contributed by atoms with E-state index in [9.17, 15) is 4.79 Å². The summed E-state index contributed by atoms with van der Waals surface area (Å²) < 4.78 is 5.55. The first-order chi connectivity index (χ1) is 8.56. The molecule has 0 spiro atoms. The lowest BCUT2D eigenvalue weighted by Gasteiger charge is -2.10. The Morgan fingerprint density at radius 3 is 2.50 bits per heavy atom. The first-order valence-electron chi connectivity index (χ1n) is 5.81. The smallest absolute Gasteiger partial charge is 0.255 e. The number of hydrogen-bond acceptors (Lipinski definition) is 3. The summed E-state index contributed by atoms with van der Waals surface area (Å²) in [5.41, 5.74) is 7.43. The van der Waals surface area contributed by atoms with Crippen LogP contribution in [0.15, 0.2) is 41.3 Å². The quantitative estimate of drug-likeness (QED) is 0.871. The maximum Gasteiger partial charge on any atom is 0.255 e. The Kier molecular flexibility index (Phi) is 3.37. The molecule has 4 nitrogen and oxygen atoms in total. The van der Waals surface area contributed by atoms with Crippen molar-refractivity contribution in [2.45, 2.75) is 20.0 Å². The minimum absolute atomic E-state index is 0.131. The molecule has 0 bridgehead atoms. The maximum absolute atomic E-state index is 11.7. The number of aromatic amines is 1. The predicted molar refractivity (Wildman–Crippen MR) is 72.7 cm³/mol. The highest BCUT2D eigenvalue weighted by molar-refractivity contribution is 5.66. The molecule has 3 N–H and O–H groups in total. The zero-order valence-electron chi connectivity index (χ0n) is 10.4. The lowest BCUT2D eigenvalue weighted by atomic mass is 10.1. The van der Waals surface area contributed by atoms with E-state index in [0.29, 0.717) is 11.3 Å². The Bertz CT molecular complexity index is 585. The van der Waals surface area contributed by atoms with Gasteiger partial charge in [-0.2, -0.15) is 0 Å². The summed E-state index contributed by atoms with van der Waals surface area (Å²) in [5, 5.41) is 0. The van der Waals surface area contributed by atoms with Crippen molar-refractivity contribution in [2.24, 2.45) is 0 Å². The van der Waals surface area contributed by atoms with Gasteiger partial charge < -0.3 is 15.5 Å². The number of rotatable bonds is 3. The minimum atomic E-state index is -0.151. The van der Waals surface area contributed by atoms with Crippen molar-refractivity contribution in [1.29, 1.82) is 0 Å². The number of nitrogens with two attached hydrogens (primary N) is 1. The molecule has 0 unspecified atom stereocenters. The van der Waals surface area contributed by atoms with E-state index in [0.717, 1.165) is 11.3 Å². The molecule has 0 amide bonds. The molecule has 2 aromatic rings. The number of nitrogen functional groups attached to an aromatic ring is 1. The van der Waals surface area contributed by atoms with Crippen LogP contribution < -0.4 is 16.0 Å². The highest BCUT2D eigenvalue weighted by Crippen LogP contribution is 2.21. The van der Waals surface area contributed by atoms with Crippen molar-refractivity contribution in [3.05, 3.63) is 46.9 Å². The standard InChI is InChI=1S/C14H16N2O2/c1-9(2)18-12-5-3-10(4-6-12)13-7-11(15)8-16-14(13)17/h3-9H,15H2,1-2H3,(H,16,17). The molecular formula is C14H16N2O2. The number of anilines is 1. The third-order valence-corrected chi connectivity index (χ3v) is 2.46. The second-order valence-corrected chi connectivity index (χ2v) is 4.37. The molecule has 0 atom stereocenters. The van der Waals surface area contributed by atoms with Gasteiger partial charge in [-0.3, -0.25) is 4.79 Å². The molecule has 1 heterocycles. The zero-order valence-corrected chi connectivity index (χ0v) is 10.4. The first kappa shape index (κ1) is 12.2. The van der Waals surface area contributed by atoms with Crippen LogP contribution in [0.5, 0.6) is 5.75 Å². The normalized spacial score (nSPS) is 10.6. The molecule has 4 heteroatoms. The van der Waals surface area contributed by atoms with Gasteiger partial charge in [0.2, 0.25) is 0 Å². The Morgan fingerprint density at radius 1 is 1.22 bits per heavy atom. The highest BCUT2D eigenvalue weighted by atomic mass is 16.5. The summed E-state index contributed by atoms with van der Waals surface area (Å²) in [4.78, 5) is 14.3. The van der Waals surface area contributed by atoms with Crippen molar-refractivity contribution in [3.8, 4) is 16.9 Å². The molecule has 1 aromatic carbocycles. The zero-order chi connectivity index (χ0) is 13.1. The fourth-order valence-corrected chi connectivity index (χ4v) is 1.70. The molecule has 0 fully saturated rings. The van der Waals surface area contributed by atoms with E-state index in [4.69, 9.17) is 10.5 Å². The number of pyridine rings is 1. The monoisotopic (exact) mass is 244 g/mol. The summed E-state index contributed by atoms with van der Waals surface area (Å²) in [6, 6.07) is 9.05. The third-order valence-electron chi connectivity index (χ3n) is 2.46. The van der Waals surface area contributed by atoms with Crippen LogP contribution in [0.3, 0.4) is 0 Å². The summed E-state index contributed by atoms with van der Waals surface area (Å²) in [6.45, 7) is 3.94. The van der Waals surface area contributed by atoms with Crippen LogP contribution in [-0.4, -0.2) is 11.1 Å². The number of aromatic nitrogens is 1. The fourth-order valence-electron chi connectivity index (χ4n) is 1.70. The molecule has 0 aliphatic carbocycles. The van der Waals surface area contributed by atoms with E-state index in [1.54, 1.807) is 6.07 Å². The van der Waals surface area contributed by atoms with Gasteiger partial charge in [-0.15, -0.1) is 0 Å². The summed E-state index contributed by atoms with van der Waals surface area (Å²) in [6.07, 6.45) is 1.62. The SMILES string of the molecule is CC(C)Oc1ccc(-c2cc(N)c[nH]c2=O)cc1. The van der Waals surface area contributed by atoms with Gasteiger partial charge in [-0.1, -0.05) is 12.1 Å². The van der Waals surface area contributed by atoms with E-state index in [-0.39, 0.29) is 11.7 Å². The van der Waals surface area contributed by atoms with Gasteiger partial charge in [-0.05, 0) is 37.6 Å². The third kappa shape index (κ3) is 2.71. The van der Waals surface area contributed by atoms with Gasteiger partial charge in [0.15, 0.2) is 0 Å². The van der Waals surface area contributed by atoms with Crippen LogP contribution in [-0.2, 0) is 0 Å². The second kappa shape index (κ2) is 4.96. The van der Waals surface area contributed by atoms with Crippen LogP contribution in [0.1, 0.15) is 13.8 Å². The molecule has 0 radical (unpaired) electrons. The van der Waals surface area contributed by atoms with Crippen molar-refractivity contribution >= 4 is 5.69 Å². The molecule has 1 aromatic heterocycles. The average molecular weight is 244 g/mol. The van der Waals surface area contributed by atoms with Crippen LogP contribution in [0, 0.1) is 0 Å². The Balaban J connectivity index is 2.34. The number of ether oxygens (including phenoxy) is 1. The van der Waals surface area contributed by atoms with E-state index in [2.05, 4.69) is 4.98 Å². The van der Waals surface area contributed by atoms with Gasteiger partial charge in [0.25, 0.3) is 5.56 Å². The molecular weight excluding hydrogens is 228 g/mol. The average Bonchev–Trinajstić information content (AvgIpc) is 2.33. The van der Waals surface area contributed by atoms with Crippen LogP contribution in [0.4, 0.5) is 5.69 Å². The van der Waals surface area contributed by atoms with Crippen LogP contribution in [0.25, 0.3) is 11.1 Å². The van der Waals surface area contributed by atoms with Gasteiger partial charge >= 0.3 is 0 Å². The number of nitrogens with one attached hydrogen (secondary N) is 1. The lowest BCUT2D eigenvalue weighted by molar-refractivity contribution is 0.242. The van der Waals surface area contributed by atoms with Crippen LogP contribution in [0.2, 0.25) is 0 Å². The molecule has 2 rings (SSSR count). The van der Waals surface area contributed by atoms with Crippen molar-refractivity contribution in [2.75, 3.05) is 5.73 Å². The Labute approximate surface area is 105 Å². The Hall–Kier alpha value is -2.23. The second-order valence-electron chi connectivity index (χ2n) is 4.37. The number of benzene rings is 1. The van der Waals surface area contributed by atoms with Crippen molar-refractivity contribution in [3.63, 3.8) is 0 Å². The molecule has 0 aliphatic heterocycles. The number of H-pyrrole nitrogens is 1. The van der Waals surface area contributed by atoms with Gasteiger partial charge in [0.05, 0.1) is 6.10 Å². The first-order valence-corrected chi connectivity index (χ1v) is 5.81. The van der Waals surface area contributed by atoms with Crippen molar-refractivity contribution in [1.82, 2.24) is 4.98 Å². The topological polar surface area (TPSA) is 68.1 Å². The molecule has 0 saturated heterocycles. The summed E-state index contributed by atoms with van der Waals surface area (Å²) >= 11 is 0. The molecule has 18 heavy (non-hydrogen) atoms. The largest absolute Gasteiger partial charge is 0.491 e. The minimum Gasteiger partial charge on any atom is -0.491 e. The van der Waals surface area contributed by atoms with E-state index in [1.807, 2.05) is 38.1 Å². The number of hydrogen-bond donors (Lipinski definition) is 2. The van der Waals surface area contributed by atoms with E-state index >= 15 is 0 Å². The highest BCUT2D eigenvalue weighted by Gasteiger charge is 2.04. The molecule has 0 aliphatic rings. The lowest BCUT2D eigenvalue weighted by Crippen LogP contribution is -2.09. The summed E-state index contributed by atoms with van der Waals surface area (Å²) in [7, 11) is 0. The van der Waals surface area contributed by atoms with Gasteiger partial charge in [0.1, 0.15) is 5.75 Å². The fraction of sp³-hybridized carbons (Fsp3) is 0.214. The maximum atomic E-state index is 11.7. The summed E-state index contributed by atoms with van der Waals surface area (Å²) in [5.74, 6) is 0.786. The van der Waals surface area contributed by atoms with Gasteiger partial charge in [0, 0.05) is 17.4 Å². The van der Waals surface area contributed by atoms with E-state index < -0.39 is 0 Å². The molecule has 0 saturated carbocycles. The van der Waals surface area contributed by atoms with Crippen LogP contribution >= 0.6 is 0 Å². The van der Waals surface area contributed by atoms with E-state index in [1.165, 1.54) is 6.20 Å². The predicted octanol–water partition coefficient (Wildman–Crippen LogP) is 2.41.